The number of nitrogens with two attached hydrogens (primary N) is 1. The molecule has 1 atom stereocenters. The van der Waals surface area contributed by atoms with Gasteiger partial charge in [-0.25, -0.2) is 4.98 Å². The minimum absolute atomic E-state index is 0.126. The van der Waals surface area contributed by atoms with Crippen LogP contribution in [-0.2, 0) is 17.6 Å². The fourth-order valence-electron chi connectivity index (χ4n) is 3.46. The lowest BCUT2D eigenvalue weighted by atomic mass is 9.94. The van der Waals surface area contributed by atoms with Crippen molar-refractivity contribution in [3.63, 3.8) is 0 Å². The number of rotatable bonds is 4. The Bertz CT molecular complexity index is 543. The van der Waals surface area contributed by atoms with E-state index in [0.29, 0.717) is 5.92 Å². The molecular formula is C16H24N4O. The summed E-state index contributed by atoms with van der Waals surface area (Å²) in [5.74, 6) is 1.58. The number of pyridine rings is 1. The molecule has 3 N–H and O–H groups in total. The van der Waals surface area contributed by atoms with E-state index >= 15 is 0 Å². The molecule has 1 fully saturated rings. The molecule has 0 bridgehead atoms. The van der Waals surface area contributed by atoms with Crippen LogP contribution in [0, 0.1) is 11.3 Å². The third-order valence-corrected chi connectivity index (χ3v) is 4.56. The van der Waals surface area contributed by atoms with Crippen molar-refractivity contribution < 1.29 is 4.74 Å². The molecule has 2 heterocycles. The van der Waals surface area contributed by atoms with Gasteiger partial charge in [0.1, 0.15) is 11.7 Å². The molecule has 0 spiro atoms. The summed E-state index contributed by atoms with van der Waals surface area (Å²) in [6.07, 6.45) is 5.66. The highest BCUT2D eigenvalue weighted by Gasteiger charge is 2.27. The second-order valence-corrected chi connectivity index (χ2v) is 6.14. The molecule has 0 radical (unpaired) electrons. The van der Waals surface area contributed by atoms with Gasteiger partial charge in [0.2, 0.25) is 0 Å². The minimum atomic E-state index is 0.126. The van der Waals surface area contributed by atoms with Crippen LogP contribution in [0.1, 0.15) is 36.1 Å². The average molecular weight is 288 g/mol. The van der Waals surface area contributed by atoms with Crippen LogP contribution < -0.4 is 10.6 Å². The van der Waals surface area contributed by atoms with E-state index in [1.54, 1.807) is 7.11 Å². The van der Waals surface area contributed by atoms with Crippen LogP contribution in [-0.4, -0.2) is 37.6 Å². The van der Waals surface area contributed by atoms with Gasteiger partial charge in [-0.15, -0.1) is 0 Å². The predicted molar refractivity (Wildman–Crippen MR) is 84.1 cm³/mol. The fraction of sp³-hybridized carbons (Fsp3) is 0.625. The van der Waals surface area contributed by atoms with E-state index in [1.807, 2.05) is 0 Å². The van der Waals surface area contributed by atoms with Crippen molar-refractivity contribution in [3.8, 4) is 0 Å². The number of aryl methyl sites for hydroxylation is 2. The maximum atomic E-state index is 7.88. The zero-order valence-corrected chi connectivity index (χ0v) is 12.7. The van der Waals surface area contributed by atoms with Gasteiger partial charge in [-0.05, 0) is 43.7 Å². The number of ether oxygens (including phenoxy) is 1. The second-order valence-electron chi connectivity index (χ2n) is 6.14. The smallest absolute Gasteiger partial charge is 0.139 e. The van der Waals surface area contributed by atoms with Crippen LogP contribution in [0.3, 0.4) is 0 Å². The maximum Gasteiger partial charge on any atom is 0.139 e. The lowest BCUT2D eigenvalue weighted by Crippen LogP contribution is -2.27. The number of nitrogens with one attached hydrogen (secondary N) is 1. The number of nitrogens with zero attached hydrogens (tertiary/aromatic N) is 2. The van der Waals surface area contributed by atoms with Crippen molar-refractivity contribution in [2.45, 2.75) is 32.1 Å². The molecule has 1 saturated heterocycles. The summed E-state index contributed by atoms with van der Waals surface area (Å²) < 4.78 is 5.26. The van der Waals surface area contributed by atoms with Gasteiger partial charge in [-0.1, -0.05) is 0 Å². The van der Waals surface area contributed by atoms with Gasteiger partial charge >= 0.3 is 0 Å². The van der Waals surface area contributed by atoms with Gasteiger partial charge in [0, 0.05) is 31.8 Å². The lowest BCUT2D eigenvalue weighted by Gasteiger charge is -2.24. The van der Waals surface area contributed by atoms with Gasteiger partial charge in [-0.3, -0.25) is 5.41 Å². The highest BCUT2D eigenvalue weighted by Crippen LogP contribution is 2.30. The van der Waals surface area contributed by atoms with E-state index in [0.717, 1.165) is 50.3 Å². The molecule has 21 heavy (non-hydrogen) atoms. The van der Waals surface area contributed by atoms with Crippen molar-refractivity contribution >= 4 is 11.7 Å². The van der Waals surface area contributed by atoms with Crippen LogP contribution >= 0.6 is 0 Å². The number of anilines is 1. The number of amidine groups is 1. The summed E-state index contributed by atoms with van der Waals surface area (Å²) in [7, 11) is 1.75. The van der Waals surface area contributed by atoms with Gasteiger partial charge in [0.15, 0.2) is 0 Å². The molecular weight excluding hydrogens is 264 g/mol. The van der Waals surface area contributed by atoms with E-state index in [1.165, 1.54) is 24.1 Å². The molecule has 1 unspecified atom stereocenters. The first kappa shape index (κ1) is 14.3. The molecule has 1 aliphatic carbocycles. The molecule has 114 valence electrons. The fourth-order valence-corrected chi connectivity index (χ4v) is 3.46. The Morgan fingerprint density at radius 3 is 3.05 bits per heavy atom. The Morgan fingerprint density at radius 1 is 1.48 bits per heavy atom. The van der Waals surface area contributed by atoms with Gasteiger partial charge < -0.3 is 15.4 Å². The number of nitrogen functional groups attached to an aromatic ring is 1. The molecule has 0 saturated carbocycles. The summed E-state index contributed by atoms with van der Waals surface area (Å²) in [5.41, 5.74) is 9.09. The zero-order chi connectivity index (χ0) is 14.8. The maximum absolute atomic E-state index is 7.88. The zero-order valence-electron chi connectivity index (χ0n) is 12.7. The van der Waals surface area contributed by atoms with Gasteiger partial charge in [0.05, 0.1) is 12.2 Å². The molecule has 5 nitrogen and oxygen atoms in total. The summed E-state index contributed by atoms with van der Waals surface area (Å²) in [6, 6.07) is 2.10. The van der Waals surface area contributed by atoms with E-state index in [-0.39, 0.29) is 5.84 Å². The topological polar surface area (TPSA) is 75.2 Å². The van der Waals surface area contributed by atoms with Crippen LogP contribution in [0.15, 0.2) is 6.07 Å². The van der Waals surface area contributed by atoms with Gasteiger partial charge in [-0.2, -0.15) is 0 Å². The molecule has 0 amide bonds. The van der Waals surface area contributed by atoms with E-state index in [9.17, 15) is 0 Å². The molecule has 1 aliphatic heterocycles. The van der Waals surface area contributed by atoms with Crippen molar-refractivity contribution in [2.75, 3.05) is 31.7 Å². The average Bonchev–Trinajstić information content (AvgIpc) is 2.94. The largest absolute Gasteiger partial charge is 0.384 e. The summed E-state index contributed by atoms with van der Waals surface area (Å²) in [5, 5.41) is 7.88. The first-order valence-electron chi connectivity index (χ1n) is 7.80. The first-order chi connectivity index (χ1) is 10.2. The Kier molecular flexibility index (Phi) is 4.10. The van der Waals surface area contributed by atoms with Crippen molar-refractivity contribution in [1.82, 2.24) is 4.98 Å². The van der Waals surface area contributed by atoms with Crippen molar-refractivity contribution in [3.05, 3.63) is 22.9 Å². The van der Waals surface area contributed by atoms with E-state index in [2.05, 4.69) is 11.0 Å². The van der Waals surface area contributed by atoms with Crippen LogP contribution in [0.2, 0.25) is 0 Å². The Balaban J connectivity index is 1.91. The van der Waals surface area contributed by atoms with E-state index < -0.39 is 0 Å². The Morgan fingerprint density at radius 2 is 2.29 bits per heavy atom. The molecule has 0 aromatic carbocycles. The molecule has 1 aromatic rings. The standard InChI is InChI=1S/C16H24N4O/c1-21-10-11-6-7-20(9-11)16-13(15(17)18)8-12-4-2-3-5-14(12)19-16/h8,11H,2-7,9-10H2,1H3,(H3,17,18). The highest BCUT2D eigenvalue weighted by atomic mass is 16.5. The second kappa shape index (κ2) is 6.02. The summed E-state index contributed by atoms with van der Waals surface area (Å²) >= 11 is 0. The third kappa shape index (κ3) is 2.88. The highest BCUT2D eigenvalue weighted by molar-refractivity contribution is 6.00. The quantitative estimate of drug-likeness (QED) is 0.653. The van der Waals surface area contributed by atoms with E-state index in [4.69, 9.17) is 20.9 Å². The van der Waals surface area contributed by atoms with Crippen molar-refractivity contribution in [2.24, 2.45) is 11.7 Å². The summed E-state index contributed by atoms with van der Waals surface area (Å²) in [4.78, 5) is 7.15. The SMILES string of the molecule is COCC1CCN(c2nc3c(cc2C(=N)N)CCCC3)C1. The molecule has 3 rings (SSSR count). The number of aromatic nitrogens is 1. The first-order valence-corrected chi connectivity index (χ1v) is 7.80. The monoisotopic (exact) mass is 288 g/mol. The lowest BCUT2D eigenvalue weighted by molar-refractivity contribution is 0.161. The van der Waals surface area contributed by atoms with Gasteiger partial charge in [0.25, 0.3) is 0 Å². The number of methoxy groups -OCH3 is 1. The number of hydrogen-bond donors (Lipinski definition) is 2. The Labute approximate surface area is 126 Å². The molecule has 1 aromatic heterocycles. The molecule has 5 heteroatoms. The van der Waals surface area contributed by atoms with Crippen LogP contribution in [0.4, 0.5) is 5.82 Å². The minimum Gasteiger partial charge on any atom is -0.384 e. The number of hydrogen-bond acceptors (Lipinski definition) is 4. The van der Waals surface area contributed by atoms with Crippen LogP contribution in [0.5, 0.6) is 0 Å². The Hall–Kier alpha value is -1.62. The number of fused-ring (bicyclic) bond motifs is 1. The normalized spacial score (nSPS) is 21.4. The predicted octanol–water partition coefficient (Wildman–Crippen LogP) is 1.72. The third-order valence-electron chi connectivity index (χ3n) is 4.56. The summed E-state index contributed by atoms with van der Waals surface area (Å²) in [6.45, 7) is 2.71. The van der Waals surface area contributed by atoms with Crippen molar-refractivity contribution in [1.29, 1.82) is 5.41 Å². The molecule has 2 aliphatic rings. The van der Waals surface area contributed by atoms with Crippen LogP contribution in [0.25, 0.3) is 0 Å².